The lowest BCUT2D eigenvalue weighted by Crippen LogP contribution is -2.40. The number of aryl methyl sites for hydroxylation is 2. The van der Waals surface area contributed by atoms with Gasteiger partial charge in [0.2, 0.25) is 0 Å². The van der Waals surface area contributed by atoms with Gasteiger partial charge in [0.1, 0.15) is 11.4 Å². The normalized spacial score (nSPS) is 20.7. The van der Waals surface area contributed by atoms with E-state index in [0.29, 0.717) is 13.1 Å². The number of hydrogen-bond donors (Lipinski definition) is 3. The van der Waals surface area contributed by atoms with Crippen molar-refractivity contribution in [1.82, 2.24) is 15.5 Å². The molecule has 0 aliphatic heterocycles. The molecule has 0 radical (unpaired) electrons. The van der Waals surface area contributed by atoms with E-state index < -0.39 is 5.60 Å². The van der Waals surface area contributed by atoms with E-state index in [0.717, 1.165) is 41.8 Å². The molecule has 1 aromatic heterocycles. The maximum Gasteiger partial charge on any atom is 0.119 e. The van der Waals surface area contributed by atoms with Crippen LogP contribution in [0.4, 0.5) is 0 Å². The van der Waals surface area contributed by atoms with Crippen molar-refractivity contribution in [3.63, 3.8) is 0 Å². The lowest BCUT2D eigenvalue weighted by Gasteiger charge is -2.35. The lowest BCUT2D eigenvalue weighted by molar-refractivity contribution is 0.0187. The first kappa shape index (κ1) is 15.1. The number of aliphatic hydroxyl groups is 1. The first-order valence-corrected chi connectivity index (χ1v) is 7.72. The summed E-state index contributed by atoms with van der Waals surface area (Å²) in [6.45, 7) is 3.22. The average molecular weight is 301 g/mol. The van der Waals surface area contributed by atoms with Crippen LogP contribution < -0.4 is 10.1 Å². The summed E-state index contributed by atoms with van der Waals surface area (Å²) >= 11 is 0. The van der Waals surface area contributed by atoms with Crippen LogP contribution in [0.1, 0.15) is 35.2 Å². The minimum atomic E-state index is -0.837. The van der Waals surface area contributed by atoms with Gasteiger partial charge in [0, 0.05) is 13.1 Å². The van der Waals surface area contributed by atoms with Crippen LogP contribution in [-0.4, -0.2) is 29.0 Å². The molecule has 0 saturated carbocycles. The lowest BCUT2D eigenvalue weighted by atomic mass is 9.79. The average Bonchev–Trinajstić information content (AvgIpc) is 2.93. The minimum absolute atomic E-state index is 0.519. The van der Waals surface area contributed by atoms with E-state index in [1.807, 2.05) is 25.3 Å². The number of aromatic amines is 1. The third kappa shape index (κ3) is 2.87. The molecule has 3 N–H and O–H groups in total. The van der Waals surface area contributed by atoms with Gasteiger partial charge in [-0.3, -0.25) is 5.10 Å². The number of benzene rings is 1. The van der Waals surface area contributed by atoms with Crippen LogP contribution >= 0.6 is 0 Å². The standard InChI is InChI=1S/C17H23N3O2/c1-12-9-19-20-16(12)10-18-11-17(21)7-3-4-13-5-6-14(22-2)8-15(13)17/h5-6,8-9,18,21H,3-4,7,10-11H2,1-2H3,(H,19,20). The maximum absolute atomic E-state index is 11.1. The summed E-state index contributed by atoms with van der Waals surface area (Å²) in [5.41, 5.74) is 3.56. The summed E-state index contributed by atoms with van der Waals surface area (Å²) in [4.78, 5) is 0. The fourth-order valence-electron chi connectivity index (χ4n) is 3.17. The van der Waals surface area contributed by atoms with Crippen molar-refractivity contribution in [3.05, 3.63) is 46.8 Å². The molecule has 0 fully saturated rings. The van der Waals surface area contributed by atoms with Crippen LogP contribution in [0.2, 0.25) is 0 Å². The largest absolute Gasteiger partial charge is 0.497 e. The highest BCUT2D eigenvalue weighted by Gasteiger charge is 2.34. The molecule has 2 aromatic rings. The van der Waals surface area contributed by atoms with Crippen molar-refractivity contribution in [2.45, 2.75) is 38.3 Å². The zero-order valence-corrected chi connectivity index (χ0v) is 13.1. The van der Waals surface area contributed by atoms with Crippen LogP contribution in [-0.2, 0) is 18.6 Å². The smallest absolute Gasteiger partial charge is 0.119 e. The van der Waals surface area contributed by atoms with E-state index in [1.165, 1.54) is 5.56 Å². The Morgan fingerprint density at radius 2 is 2.32 bits per heavy atom. The summed E-state index contributed by atoms with van der Waals surface area (Å²) in [5.74, 6) is 0.795. The van der Waals surface area contributed by atoms with Gasteiger partial charge < -0.3 is 15.2 Å². The van der Waals surface area contributed by atoms with Crippen molar-refractivity contribution in [2.75, 3.05) is 13.7 Å². The number of aromatic nitrogens is 2. The summed E-state index contributed by atoms with van der Waals surface area (Å²) in [7, 11) is 1.66. The molecule has 22 heavy (non-hydrogen) atoms. The van der Waals surface area contributed by atoms with E-state index in [4.69, 9.17) is 4.74 Å². The van der Waals surface area contributed by atoms with E-state index in [2.05, 4.69) is 21.6 Å². The molecule has 5 nitrogen and oxygen atoms in total. The number of methoxy groups -OCH3 is 1. The van der Waals surface area contributed by atoms with Crippen LogP contribution in [0.3, 0.4) is 0 Å². The summed E-state index contributed by atoms with van der Waals surface area (Å²) in [6.07, 6.45) is 4.59. The quantitative estimate of drug-likeness (QED) is 0.790. The van der Waals surface area contributed by atoms with Gasteiger partial charge >= 0.3 is 0 Å². The number of fused-ring (bicyclic) bond motifs is 1. The predicted molar refractivity (Wildman–Crippen MR) is 84.9 cm³/mol. The highest BCUT2D eigenvalue weighted by molar-refractivity contribution is 5.41. The molecular formula is C17H23N3O2. The number of nitrogens with one attached hydrogen (secondary N) is 2. The molecule has 3 rings (SSSR count). The molecule has 1 aromatic carbocycles. The van der Waals surface area contributed by atoms with Gasteiger partial charge in [-0.2, -0.15) is 5.10 Å². The van der Waals surface area contributed by atoms with Gasteiger partial charge in [0.15, 0.2) is 0 Å². The fourth-order valence-corrected chi connectivity index (χ4v) is 3.17. The zero-order valence-electron chi connectivity index (χ0n) is 13.1. The molecule has 1 aliphatic carbocycles. The number of hydrogen-bond acceptors (Lipinski definition) is 4. The second-order valence-electron chi connectivity index (χ2n) is 6.04. The maximum atomic E-state index is 11.1. The van der Waals surface area contributed by atoms with Crippen LogP contribution in [0.25, 0.3) is 0 Å². The van der Waals surface area contributed by atoms with Crippen molar-refractivity contribution < 1.29 is 9.84 Å². The van der Waals surface area contributed by atoms with E-state index in [9.17, 15) is 5.11 Å². The molecule has 1 aliphatic rings. The molecule has 0 amide bonds. The molecule has 1 heterocycles. The van der Waals surface area contributed by atoms with Gasteiger partial charge in [0.25, 0.3) is 0 Å². The first-order valence-electron chi connectivity index (χ1n) is 7.72. The molecule has 0 saturated heterocycles. The molecular weight excluding hydrogens is 278 g/mol. The summed E-state index contributed by atoms with van der Waals surface area (Å²) in [6, 6.07) is 6.00. The van der Waals surface area contributed by atoms with Crippen molar-refractivity contribution in [2.24, 2.45) is 0 Å². The summed E-state index contributed by atoms with van der Waals surface area (Å²) in [5, 5.41) is 21.5. The molecule has 1 atom stereocenters. The van der Waals surface area contributed by atoms with E-state index in [1.54, 1.807) is 7.11 Å². The van der Waals surface area contributed by atoms with Gasteiger partial charge in [0.05, 0.1) is 19.0 Å². The third-order valence-corrected chi connectivity index (χ3v) is 4.51. The van der Waals surface area contributed by atoms with Gasteiger partial charge in [-0.1, -0.05) is 6.07 Å². The molecule has 0 bridgehead atoms. The van der Waals surface area contributed by atoms with Crippen LogP contribution in [0, 0.1) is 6.92 Å². The Bertz CT molecular complexity index is 653. The Hall–Kier alpha value is -1.85. The Morgan fingerprint density at radius 1 is 1.45 bits per heavy atom. The predicted octanol–water partition coefficient (Wildman–Crippen LogP) is 2.04. The third-order valence-electron chi connectivity index (χ3n) is 4.51. The monoisotopic (exact) mass is 301 g/mol. The van der Waals surface area contributed by atoms with Gasteiger partial charge in [-0.15, -0.1) is 0 Å². The molecule has 1 unspecified atom stereocenters. The Labute approximate surface area is 130 Å². The minimum Gasteiger partial charge on any atom is -0.497 e. The van der Waals surface area contributed by atoms with Crippen LogP contribution in [0.15, 0.2) is 24.4 Å². The van der Waals surface area contributed by atoms with Crippen molar-refractivity contribution in [3.8, 4) is 5.75 Å². The SMILES string of the molecule is COc1ccc2c(c1)C(O)(CNCc1[nH]ncc1C)CCC2. The number of rotatable bonds is 5. The second-order valence-corrected chi connectivity index (χ2v) is 6.04. The van der Waals surface area contributed by atoms with Gasteiger partial charge in [-0.05, 0) is 55.0 Å². The number of ether oxygens (including phenoxy) is 1. The van der Waals surface area contributed by atoms with Gasteiger partial charge in [-0.25, -0.2) is 0 Å². The topological polar surface area (TPSA) is 70.2 Å². The Kier molecular flexibility index (Phi) is 4.18. The number of H-pyrrole nitrogens is 1. The highest BCUT2D eigenvalue weighted by Crippen LogP contribution is 2.36. The summed E-state index contributed by atoms with van der Waals surface area (Å²) < 4.78 is 5.31. The van der Waals surface area contributed by atoms with E-state index >= 15 is 0 Å². The number of nitrogens with zero attached hydrogens (tertiary/aromatic N) is 1. The molecule has 0 spiro atoms. The van der Waals surface area contributed by atoms with Crippen molar-refractivity contribution in [1.29, 1.82) is 0 Å². The second kappa shape index (κ2) is 6.10. The Morgan fingerprint density at radius 3 is 3.05 bits per heavy atom. The van der Waals surface area contributed by atoms with E-state index in [-0.39, 0.29) is 0 Å². The zero-order chi connectivity index (χ0) is 15.6. The van der Waals surface area contributed by atoms with Crippen LogP contribution in [0.5, 0.6) is 5.75 Å². The first-order chi connectivity index (χ1) is 10.6. The van der Waals surface area contributed by atoms with Crippen molar-refractivity contribution >= 4 is 0 Å². The highest BCUT2D eigenvalue weighted by atomic mass is 16.5. The molecule has 5 heteroatoms. The Balaban J connectivity index is 1.74. The fraction of sp³-hybridized carbons (Fsp3) is 0.471. The molecule has 118 valence electrons.